The van der Waals surface area contributed by atoms with Crippen molar-refractivity contribution in [1.82, 2.24) is 10.3 Å². The molecular formula is C18H17F3N2O4. The lowest BCUT2D eigenvalue weighted by Gasteiger charge is -2.16. The minimum absolute atomic E-state index is 0.0338. The summed E-state index contributed by atoms with van der Waals surface area (Å²) >= 11 is 0. The molecule has 0 aliphatic carbocycles. The molecule has 0 spiro atoms. The normalized spacial score (nSPS) is 12.3. The maximum Gasteiger partial charge on any atom is 0.391 e. The highest BCUT2D eigenvalue weighted by molar-refractivity contribution is 5.96. The summed E-state index contributed by atoms with van der Waals surface area (Å²) in [5, 5.41) is 10.8. The van der Waals surface area contributed by atoms with Crippen molar-refractivity contribution >= 4 is 11.9 Å². The predicted molar refractivity (Wildman–Crippen MR) is 89.3 cm³/mol. The number of nitrogens with zero attached hydrogens (tertiary/aromatic N) is 1. The number of carboxylic acid groups (broad SMARTS) is 1. The highest BCUT2D eigenvalue weighted by Gasteiger charge is 2.36. The van der Waals surface area contributed by atoms with Crippen LogP contribution in [0.1, 0.15) is 28.0 Å². The van der Waals surface area contributed by atoms with Crippen LogP contribution in [0.2, 0.25) is 0 Å². The molecule has 2 aromatic rings. The summed E-state index contributed by atoms with van der Waals surface area (Å²) in [6.07, 6.45) is -4.83. The zero-order chi connectivity index (χ0) is 20.0. The quantitative estimate of drug-likeness (QED) is 0.768. The molecule has 27 heavy (non-hydrogen) atoms. The van der Waals surface area contributed by atoms with Crippen molar-refractivity contribution in [3.8, 4) is 5.75 Å². The SMILES string of the molecule is Cc1ccc(OCc2cccc(C(=O)NC(CC(F)(F)F)C(=O)O)c2)cn1. The number of ether oxygens (including phenoxy) is 1. The van der Waals surface area contributed by atoms with E-state index in [1.165, 1.54) is 18.2 Å². The number of carbonyl (C=O) groups is 2. The number of carbonyl (C=O) groups excluding carboxylic acids is 1. The fourth-order valence-electron chi connectivity index (χ4n) is 2.18. The molecule has 0 radical (unpaired) electrons. The van der Waals surface area contributed by atoms with E-state index in [1.807, 2.05) is 12.2 Å². The van der Waals surface area contributed by atoms with E-state index in [4.69, 9.17) is 9.84 Å². The van der Waals surface area contributed by atoms with E-state index < -0.39 is 30.5 Å². The number of hydrogen-bond donors (Lipinski definition) is 2. The van der Waals surface area contributed by atoms with Crippen LogP contribution in [-0.2, 0) is 11.4 Å². The molecule has 0 saturated heterocycles. The van der Waals surface area contributed by atoms with Crippen LogP contribution in [0.5, 0.6) is 5.75 Å². The van der Waals surface area contributed by atoms with E-state index in [9.17, 15) is 22.8 Å². The summed E-state index contributed by atoms with van der Waals surface area (Å²) in [5.41, 5.74) is 1.45. The van der Waals surface area contributed by atoms with Crippen LogP contribution in [0.3, 0.4) is 0 Å². The monoisotopic (exact) mass is 382 g/mol. The maximum absolute atomic E-state index is 12.4. The number of halogens is 3. The Morgan fingerprint density at radius 1 is 1.26 bits per heavy atom. The van der Waals surface area contributed by atoms with E-state index in [2.05, 4.69) is 4.98 Å². The molecule has 0 fully saturated rings. The van der Waals surface area contributed by atoms with Crippen molar-refractivity contribution in [2.24, 2.45) is 0 Å². The Labute approximate surface area is 153 Å². The second-order valence-corrected chi connectivity index (χ2v) is 5.81. The molecule has 2 rings (SSSR count). The Hall–Kier alpha value is -3.10. The van der Waals surface area contributed by atoms with Gasteiger partial charge in [0.25, 0.3) is 5.91 Å². The summed E-state index contributed by atoms with van der Waals surface area (Å²) in [7, 11) is 0. The van der Waals surface area contributed by atoms with Gasteiger partial charge in [-0.15, -0.1) is 0 Å². The van der Waals surface area contributed by atoms with Gasteiger partial charge in [-0.1, -0.05) is 12.1 Å². The van der Waals surface area contributed by atoms with Crippen LogP contribution < -0.4 is 10.1 Å². The average molecular weight is 382 g/mol. The number of pyridine rings is 1. The number of rotatable bonds is 7. The highest BCUT2D eigenvalue weighted by atomic mass is 19.4. The fraction of sp³-hybridized carbons (Fsp3) is 0.278. The van der Waals surface area contributed by atoms with E-state index in [0.717, 1.165) is 5.69 Å². The van der Waals surface area contributed by atoms with Crippen molar-refractivity contribution < 1.29 is 32.6 Å². The number of aryl methyl sites for hydroxylation is 1. The lowest BCUT2D eigenvalue weighted by Crippen LogP contribution is -2.43. The number of hydrogen-bond acceptors (Lipinski definition) is 4. The van der Waals surface area contributed by atoms with Crippen molar-refractivity contribution in [3.63, 3.8) is 0 Å². The van der Waals surface area contributed by atoms with Gasteiger partial charge in [0.2, 0.25) is 0 Å². The van der Waals surface area contributed by atoms with Crippen LogP contribution >= 0.6 is 0 Å². The summed E-state index contributed by atoms with van der Waals surface area (Å²) in [6.45, 7) is 1.94. The van der Waals surface area contributed by atoms with Crippen molar-refractivity contribution in [1.29, 1.82) is 0 Å². The van der Waals surface area contributed by atoms with Crippen molar-refractivity contribution in [3.05, 3.63) is 59.4 Å². The Morgan fingerprint density at radius 3 is 2.59 bits per heavy atom. The number of alkyl halides is 3. The third-order valence-electron chi connectivity index (χ3n) is 3.52. The third-order valence-corrected chi connectivity index (χ3v) is 3.52. The van der Waals surface area contributed by atoms with E-state index in [0.29, 0.717) is 11.3 Å². The van der Waals surface area contributed by atoms with Crippen molar-refractivity contribution in [2.45, 2.75) is 32.2 Å². The van der Waals surface area contributed by atoms with Gasteiger partial charge in [-0.25, -0.2) is 4.79 Å². The number of aromatic nitrogens is 1. The Bertz CT molecular complexity index is 807. The van der Waals surface area contributed by atoms with Gasteiger partial charge in [0, 0.05) is 11.3 Å². The second kappa shape index (κ2) is 8.52. The summed E-state index contributed by atoms with van der Waals surface area (Å²) < 4.78 is 42.8. The van der Waals surface area contributed by atoms with Gasteiger partial charge in [0.05, 0.1) is 12.6 Å². The topological polar surface area (TPSA) is 88.5 Å². The maximum atomic E-state index is 12.4. The second-order valence-electron chi connectivity index (χ2n) is 5.81. The van der Waals surface area contributed by atoms with Gasteiger partial charge in [-0.2, -0.15) is 13.2 Å². The molecule has 1 aromatic carbocycles. The van der Waals surface area contributed by atoms with Gasteiger partial charge in [0.15, 0.2) is 0 Å². The number of nitrogens with one attached hydrogen (secondary N) is 1. The number of benzene rings is 1. The van der Waals surface area contributed by atoms with Gasteiger partial charge in [-0.3, -0.25) is 9.78 Å². The van der Waals surface area contributed by atoms with Gasteiger partial charge in [-0.05, 0) is 36.8 Å². The molecule has 0 aliphatic rings. The minimum atomic E-state index is -4.71. The van der Waals surface area contributed by atoms with Crippen LogP contribution in [0, 0.1) is 6.92 Å². The van der Waals surface area contributed by atoms with Gasteiger partial charge >= 0.3 is 12.1 Å². The predicted octanol–water partition coefficient (Wildman–Crippen LogP) is 3.10. The zero-order valence-corrected chi connectivity index (χ0v) is 14.3. The minimum Gasteiger partial charge on any atom is -0.487 e. The molecule has 1 atom stereocenters. The summed E-state index contributed by atoms with van der Waals surface area (Å²) in [5.74, 6) is -2.15. The van der Waals surface area contributed by atoms with Gasteiger partial charge < -0.3 is 15.2 Å². The first-order valence-corrected chi connectivity index (χ1v) is 7.89. The van der Waals surface area contributed by atoms with Crippen LogP contribution in [0.25, 0.3) is 0 Å². The summed E-state index contributed by atoms with van der Waals surface area (Å²) in [6, 6.07) is 7.43. The molecule has 0 aliphatic heterocycles. The molecule has 2 N–H and O–H groups in total. The molecule has 0 saturated carbocycles. The lowest BCUT2D eigenvalue weighted by molar-refractivity contribution is -0.157. The molecule has 1 unspecified atom stereocenters. The first-order chi connectivity index (χ1) is 12.6. The Balaban J connectivity index is 2.03. The third kappa shape index (κ3) is 6.61. The van der Waals surface area contributed by atoms with Crippen LogP contribution in [0.15, 0.2) is 42.6 Å². The van der Waals surface area contributed by atoms with Crippen LogP contribution in [-0.4, -0.2) is 34.2 Å². The Morgan fingerprint density at radius 2 is 2.00 bits per heavy atom. The standard InChI is InChI=1S/C18H17F3N2O4/c1-11-5-6-14(9-22-11)27-10-12-3-2-4-13(7-12)16(24)23-15(17(25)26)8-18(19,20)21/h2-7,9,15H,8,10H2,1H3,(H,23,24)(H,25,26). The molecule has 6 nitrogen and oxygen atoms in total. The fourth-order valence-corrected chi connectivity index (χ4v) is 2.18. The van der Waals surface area contributed by atoms with E-state index in [1.54, 1.807) is 24.4 Å². The van der Waals surface area contributed by atoms with E-state index >= 15 is 0 Å². The zero-order valence-electron chi connectivity index (χ0n) is 14.3. The van der Waals surface area contributed by atoms with E-state index in [-0.39, 0.29) is 12.2 Å². The highest BCUT2D eigenvalue weighted by Crippen LogP contribution is 2.22. The molecular weight excluding hydrogens is 365 g/mol. The first-order valence-electron chi connectivity index (χ1n) is 7.89. The largest absolute Gasteiger partial charge is 0.487 e. The lowest BCUT2D eigenvalue weighted by atomic mass is 10.1. The smallest absolute Gasteiger partial charge is 0.391 e. The van der Waals surface area contributed by atoms with Crippen molar-refractivity contribution in [2.75, 3.05) is 0 Å². The summed E-state index contributed by atoms with van der Waals surface area (Å²) in [4.78, 5) is 27.1. The molecule has 1 aromatic heterocycles. The molecule has 144 valence electrons. The Kier molecular flexibility index (Phi) is 6.38. The molecule has 9 heteroatoms. The van der Waals surface area contributed by atoms with Gasteiger partial charge in [0.1, 0.15) is 18.4 Å². The van der Waals surface area contributed by atoms with Crippen LogP contribution in [0.4, 0.5) is 13.2 Å². The average Bonchev–Trinajstić information content (AvgIpc) is 2.59. The number of carboxylic acids is 1. The molecule has 1 heterocycles. The molecule has 1 amide bonds. The number of amides is 1. The molecule has 0 bridgehead atoms. The number of aliphatic carboxylic acids is 1. The first kappa shape index (κ1) is 20.2.